The average Bonchev–Trinajstić information content (AvgIpc) is 3.17. The van der Waals surface area contributed by atoms with Crippen LogP contribution in [-0.4, -0.2) is 26.7 Å². The summed E-state index contributed by atoms with van der Waals surface area (Å²) >= 11 is 5.87. The first-order valence-corrected chi connectivity index (χ1v) is 8.85. The lowest BCUT2D eigenvalue weighted by Gasteiger charge is -2.09. The molecule has 4 rings (SSSR count). The highest BCUT2D eigenvalue weighted by molar-refractivity contribution is 6.30. The summed E-state index contributed by atoms with van der Waals surface area (Å²) in [7, 11) is 0. The lowest BCUT2D eigenvalue weighted by atomic mass is 10.2. The van der Waals surface area contributed by atoms with Crippen molar-refractivity contribution in [2.45, 2.75) is 12.8 Å². The molecule has 6 nitrogen and oxygen atoms in total. The number of nitrogens with one attached hydrogen (secondary N) is 1. The maximum absolute atomic E-state index is 13.1. The highest BCUT2D eigenvalue weighted by atomic mass is 35.5. The standard InChI is InChI=1S/C19H14ClF2N5O/c20-12-7-5-11(6-8-12)17-25-15(28-27-17)9-10-23-18-13-3-1-2-4-14(13)24-19(26-18)16(21)22/h1-8,16H,9-10H2,(H,23,24,26). The molecule has 0 saturated carbocycles. The zero-order valence-electron chi connectivity index (χ0n) is 14.4. The van der Waals surface area contributed by atoms with Crippen molar-refractivity contribution in [3.63, 3.8) is 0 Å². The van der Waals surface area contributed by atoms with Crippen molar-refractivity contribution in [3.05, 3.63) is 65.3 Å². The molecule has 0 unspecified atom stereocenters. The van der Waals surface area contributed by atoms with Gasteiger partial charge in [-0.15, -0.1) is 0 Å². The second kappa shape index (κ2) is 7.85. The van der Waals surface area contributed by atoms with Gasteiger partial charge in [0.15, 0.2) is 5.82 Å². The van der Waals surface area contributed by atoms with Gasteiger partial charge in [0.2, 0.25) is 11.7 Å². The Bertz CT molecular complexity index is 1100. The molecular formula is C19H14ClF2N5O. The monoisotopic (exact) mass is 401 g/mol. The van der Waals surface area contributed by atoms with Crippen LogP contribution < -0.4 is 5.32 Å². The van der Waals surface area contributed by atoms with E-state index in [9.17, 15) is 8.78 Å². The van der Waals surface area contributed by atoms with Crippen molar-refractivity contribution in [1.82, 2.24) is 20.1 Å². The predicted octanol–water partition coefficient (Wildman–Crippen LogP) is 4.93. The minimum atomic E-state index is -2.75. The first-order chi connectivity index (χ1) is 13.6. The Labute approximate surface area is 163 Å². The summed E-state index contributed by atoms with van der Waals surface area (Å²) in [6.07, 6.45) is -2.34. The highest BCUT2D eigenvalue weighted by Gasteiger charge is 2.15. The van der Waals surface area contributed by atoms with E-state index < -0.39 is 12.2 Å². The van der Waals surface area contributed by atoms with E-state index in [4.69, 9.17) is 16.1 Å². The molecule has 0 bridgehead atoms. The van der Waals surface area contributed by atoms with Crippen molar-refractivity contribution in [1.29, 1.82) is 0 Å². The third-order valence-corrected chi connectivity index (χ3v) is 4.27. The molecule has 28 heavy (non-hydrogen) atoms. The zero-order chi connectivity index (χ0) is 19.5. The van der Waals surface area contributed by atoms with E-state index >= 15 is 0 Å². The van der Waals surface area contributed by atoms with Gasteiger partial charge in [0.05, 0.1) is 5.52 Å². The Kier molecular flexibility index (Phi) is 5.12. The van der Waals surface area contributed by atoms with Gasteiger partial charge in [0.25, 0.3) is 6.43 Å². The molecule has 0 radical (unpaired) electrons. The maximum atomic E-state index is 13.1. The van der Waals surface area contributed by atoms with Crippen molar-refractivity contribution in [3.8, 4) is 11.4 Å². The van der Waals surface area contributed by atoms with E-state index in [-0.39, 0.29) is 0 Å². The van der Waals surface area contributed by atoms with Gasteiger partial charge in [-0.25, -0.2) is 18.7 Å². The molecule has 0 amide bonds. The van der Waals surface area contributed by atoms with Crippen LogP contribution in [0.2, 0.25) is 5.02 Å². The van der Waals surface area contributed by atoms with Crippen molar-refractivity contribution >= 4 is 28.3 Å². The van der Waals surface area contributed by atoms with Crippen LogP contribution in [0.1, 0.15) is 18.1 Å². The lowest BCUT2D eigenvalue weighted by molar-refractivity contribution is 0.141. The normalized spacial score (nSPS) is 11.3. The van der Waals surface area contributed by atoms with Gasteiger partial charge in [0.1, 0.15) is 5.82 Å². The number of rotatable bonds is 6. The first kappa shape index (κ1) is 18.2. The Hall–Kier alpha value is -3.13. The number of hydrogen-bond acceptors (Lipinski definition) is 6. The summed E-state index contributed by atoms with van der Waals surface area (Å²) in [6, 6.07) is 14.1. The van der Waals surface area contributed by atoms with Crippen LogP contribution in [0.3, 0.4) is 0 Å². The number of nitrogens with zero attached hydrogens (tertiary/aromatic N) is 4. The van der Waals surface area contributed by atoms with E-state index in [1.54, 1.807) is 48.5 Å². The Balaban J connectivity index is 1.48. The minimum Gasteiger partial charge on any atom is -0.369 e. The van der Waals surface area contributed by atoms with Gasteiger partial charge >= 0.3 is 0 Å². The molecule has 142 valence electrons. The average molecular weight is 402 g/mol. The van der Waals surface area contributed by atoms with Gasteiger partial charge in [-0.2, -0.15) is 4.98 Å². The predicted molar refractivity (Wildman–Crippen MR) is 101 cm³/mol. The molecule has 0 atom stereocenters. The number of anilines is 1. The second-order valence-corrected chi connectivity index (χ2v) is 6.38. The van der Waals surface area contributed by atoms with Gasteiger partial charge in [-0.05, 0) is 36.4 Å². The third-order valence-electron chi connectivity index (χ3n) is 4.02. The van der Waals surface area contributed by atoms with Crippen LogP contribution >= 0.6 is 11.6 Å². The van der Waals surface area contributed by atoms with E-state index in [1.165, 1.54) is 0 Å². The largest absolute Gasteiger partial charge is 0.369 e. The van der Waals surface area contributed by atoms with Crippen LogP contribution in [0.4, 0.5) is 14.6 Å². The summed E-state index contributed by atoms with van der Waals surface area (Å²) in [4.78, 5) is 12.2. The summed E-state index contributed by atoms with van der Waals surface area (Å²) in [5.74, 6) is 0.714. The smallest absolute Gasteiger partial charge is 0.297 e. The molecule has 2 aromatic heterocycles. The van der Waals surface area contributed by atoms with E-state index in [2.05, 4.69) is 25.4 Å². The van der Waals surface area contributed by atoms with E-state index in [0.29, 0.717) is 46.4 Å². The molecule has 0 spiro atoms. The van der Waals surface area contributed by atoms with Gasteiger partial charge in [0, 0.05) is 28.9 Å². The topological polar surface area (TPSA) is 76.7 Å². The van der Waals surface area contributed by atoms with Crippen molar-refractivity contribution < 1.29 is 13.3 Å². The number of benzene rings is 2. The first-order valence-electron chi connectivity index (χ1n) is 8.47. The van der Waals surface area contributed by atoms with Gasteiger partial charge in [-0.1, -0.05) is 28.9 Å². The van der Waals surface area contributed by atoms with Crippen LogP contribution in [0.5, 0.6) is 0 Å². The number of fused-ring (bicyclic) bond motifs is 1. The maximum Gasteiger partial charge on any atom is 0.297 e. The molecule has 4 aromatic rings. The van der Waals surface area contributed by atoms with E-state index in [0.717, 1.165) is 5.56 Å². The number of halogens is 3. The SMILES string of the molecule is FC(F)c1nc(NCCc2nc(-c3ccc(Cl)cc3)no2)c2ccccc2n1. The Morgan fingerprint density at radius 2 is 1.79 bits per heavy atom. The number of para-hydroxylation sites is 1. The fourth-order valence-corrected chi connectivity index (χ4v) is 2.81. The molecule has 0 aliphatic rings. The Morgan fingerprint density at radius 3 is 2.57 bits per heavy atom. The molecule has 0 aliphatic heterocycles. The van der Waals surface area contributed by atoms with Gasteiger partial charge < -0.3 is 9.84 Å². The van der Waals surface area contributed by atoms with Crippen LogP contribution in [0.15, 0.2) is 53.1 Å². The molecule has 2 heterocycles. The van der Waals surface area contributed by atoms with Crippen molar-refractivity contribution in [2.24, 2.45) is 0 Å². The lowest BCUT2D eigenvalue weighted by Crippen LogP contribution is -2.09. The molecule has 9 heteroatoms. The quantitative estimate of drug-likeness (QED) is 0.494. The summed E-state index contributed by atoms with van der Waals surface area (Å²) in [5.41, 5.74) is 1.24. The fraction of sp³-hybridized carbons (Fsp3) is 0.158. The van der Waals surface area contributed by atoms with E-state index in [1.807, 2.05) is 0 Å². The minimum absolute atomic E-state index is 0.346. The summed E-state index contributed by atoms with van der Waals surface area (Å²) < 4.78 is 31.4. The molecule has 0 fully saturated rings. The number of hydrogen-bond donors (Lipinski definition) is 1. The van der Waals surface area contributed by atoms with Crippen LogP contribution in [-0.2, 0) is 6.42 Å². The third kappa shape index (κ3) is 3.91. The Morgan fingerprint density at radius 1 is 1.00 bits per heavy atom. The van der Waals surface area contributed by atoms with Crippen molar-refractivity contribution in [2.75, 3.05) is 11.9 Å². The van der Waals surface area contributed by atoms with Crippen LogP contribution in [0.25, 0.3) is 22.3 Å². The molecule has 0 saturated heterocycles. The molecule has 2 aromatic carbocycles. The zero-order valence-corrected chi connectivity index (χ0v) is 15.2. The fourth-order valence-electron chi connectivity index (χ4n) is 2.69. The second-order valence-electron chi connectivity index (χ2n) is 5.94. The number of aromatic nitrogens is 4. The summed E-state index contributed by atoms with van der Waals surface area (Å²) in [6.45, 7) is 0.381. The summed E-state index contributed by atoms with van der Waals surface area (Å²) in [5, 5.41) is 8.29. The molecular weight excluding hydrogens is 388 g/mol. The number of alkyl halides is 2. The highest BCUT2D eigenvalue weighted by Crippen LogP contribution is 2.24. The molecule has 1 N–H and O–H groups in total. The molecule has 0 aliphatic carbocycles. The van der Waals surface area contributed by atoms with Crippen LogP contribution in [0, 0.1) is 0 Å². The van der Waals surface area contributed by atoms with Gasteiger partial charge in [-0.3, -0.25) is 0 Å².